The Kier molecular flexibility index (Phi) is 10.9. The monoisotopic (exact) mass is 605 g/mol. The quantitative estimate of drug-likeness (QED) is 0.373. The molecule has 1 aromatic heterocycles. The zero-order chi connectivity index (χ0) is 29.4. The van der Waals surface area contributed by atoms with E-state index < -0.39 is 17.5 Å². The van der Waals surface area contributed by atoms with Crippen LogP contribution in [0.4, 0.5) is 4.79 Å². The minimum Gasteiger partial charge on any atom is -0.466 e. The highest BCUT2D eigenvalue weighted by atomic mass is 35.5. The molecule has 2 aliphatic rings. The van der Waals surface area contributed by atoms with Crippen molar-refractivity contribution in [3.05, 3.63) is 52.0 Å². The zero-order valence-corrected chi connectivity index (χ0v) is 25.5. The SMILES string of the molecule is CCOC(=O)C1(C2CCCCC2)CCN(C(=O)[C@@H](Cc2ccc(Cl)c(Cl)c2)NC(=O)NCCc2cn(C)cn2)CC1. The number of carbonyl (C=O) groups is 3. The van der Waals surface area contributed by atoms with E-state index in [1.54, 1.807) is 29.4 Å². The topological polar surface area (TPSA) is 106 Å². The smallest absolute Gasteiger partial charge is 0.315 e. The number of aryl methyl sites for hydroxylation is 1. The molecule has 1 aliphatic heterocycles. The Bertz CT molecular complexity index is 1210. The second-order valence-corrected chi connectivity index (χ2v) is 12.0. The molecule has 1 atom stereocenters. The number of ether oxygens (including phenoxy) is 1. The number of benzene rings is 1. The van der Waals surface area contributed by atoms with Gasteiger partial charge in [-0.05, 0) is 56.2 Å². The van der Waals surface area contributed by atoms with E-state index in [2.05, 4.69) is 15.6 Å². The average Bonchev–Trinajstić information content (AvgIpc) is 3.39. The van der Waals surface area contributed by atoms with Crippen molar-refractivity contribution in [1.82, 2.24) is 25.1 Å². The summed E-state index contributed by atoms with van der Waals surface area (Å²) in [5, 5.41) is 6.53. The molecule has 1 aliphatic carbocycles. The molecule has 11 heteroatoms. The molecular formula is C30H41Cl2N5O4. The number of piperidine rings is 1. The van der Waals surface area contributed by atoms with Gasteiger partial charge in [0.15, 0.2) is 0 Å². The van der Waals surface area contributed by atoms with Crippen molar-refractivity contribution in [2.75, 3.05) is 26.2 Å². The molecular weight excluding hydrogens is 565 g/mol. The minimum absolute atomic E-state index is 0.128. The second-order valence-electron chi connectivity index (χ2n) is 11.2. The highest BCUT2D eigenvalue weighted by Crippen LogP contribution is 2.47. The van der Waals surface area contributed by atoms with Gasteiger partial charge in [-0.2, -0.15) is 0 Å². The molecule has 2 aromatic rings. The van der Waals surface area contributed by atoms with E-state index in [1.165, 1.54) is 6.42 Å². The summed E-state index contributed by atoms with van der Waals surface area (Å²) in [7, 11) is 1.89. The molecule has 41 heavy (non-hydrogen) atoms. The maximum atomic E-state index is 13.9. The number of urea groups is 1. The van der Waals surface area contributed by atoms with Gasteiger partial charge in [0.1, 0.15) is 6.04 Å². The molecule has 4 rings (SSSR count). The third-order valence-electron chi connectivity index (χ3n) is 8.49. The van der Waals surface area contributed by atoms with Crippen LogP contribution < -0.4 is 10.6 Å². The number of hydrogen-bond acceptors (Lipinski definition) is 5. The zero-order valence-electron chi connectivity index (χ0n) is 24.0. The van der Waals surface area contributed by atoms with Crippen LogP contribution in [-0.4, -0.2) is 64.6 Å². The Balaban J connectivity index is 1.44. The molecule has 2 fully saturated rings. The Morgan fingerprint density at radius 1 is 1.12 bits per heavy atom. The van der Waals surface area contributed by atoms with Gasteiger partial charge in [0.25, 0.3) is 0 Å². The first-order chi connectivity index (χ1) is 19.7. The number of carbonyl (C=O) groups excluding carboxylic acids is 3. The summed E-state index contributed by atoms with van der Waals surface area (Å²) >= 11 is 12.3. The lowest BCUT2D eigenvalue weighted by Gasteiger charge is -2.46. The lowest BCUT2D eigenvalue weighted by molar-refractivity contribution is -0.166. The summed E-state index contributed by atoms with van der Waals surface area (Å²) in [5.74, 6) is -0.0311. The van der Waals surface area contributed by atoms with Crippen molar-refractivity contribution in [2.45, 2.75) is 70.8 Å². The lowest BCUT2D eigenvalue weighted by Crippen LogP contribution is -2.56. The maximum absolute atomic E-state index is 13.9. The summed E-state index contributed by atoms with van der Waals surface area (Å²) in [6.45, 7) is 3.44. The molecule has 0 radical (unpaired) electrons. The third-order valence-corrected chi connectivity index (χ3v) is 9.23. The second kappa shape index (κ2) is 14.4. The fourth-order valence-corrected chi connectivity index (χ4v) is 6.59. The Hall–Kier alpha value is -2.78. The van der Waals surface area contributed by atoms with Crippen molar-refractivity contribution in [2.24, 2.45) is 18.4 Å². The molecule has 0 spiro atoms. The van der Waals surface area contributed by atoms with Crippen LogP contribution in [0.5, 0.6) is 0 Å². The first-order valence-electron chi connectivity index (χ1n) is 14.6. The molecule has 3 amide bonds. The summed E-state index contributed by atoms with van der Waals surface area (Å²) in [4.78, 5) is 46.1. The van der Waals surface area contributed by atoms with Crippen LogP contribution in [0.3, 0.4) is 0 Å². The first-order valence-corrected chi connectivity index (χ1v) is 15.4. The van der Waals surface area contributed by atoms with Crippen molar-refractivity contribution in [1.29, 1.82) is 0 Å². The number of rotatable bonds is 10. The number of esters is 1. The Morgan fingerprint density at radius 3 is 2.49 bits per heavy atom. The molecule has 0 unspecified atom stereocenters. The highest BCUT2D eigenvalue weighted by molar-refractivity contribution is 6.42. The van der Waals surface area contributed by atoms with Crippen LogP contribution in [0, 0.1) is 11.3 Å². The lowest BCUT2D eigenvalue weighted by atomic mass is 9.63. The molecule has 1 saturated heterocycles. The van der Waals surface area contributed by atoms with Crippen LogP contribution in [0.1, 0.15) is 63.1 Å². The molecule has 1 aromatic carbocycles. The fraction of sp³-hybridized carbons (Fsp3) is 0.600. The van der Waals surface area contributed by atoms with Crippen LogP contribution in [0.25, 0.3) is 0 Å². The number of aromatic nitrogens is 2. The minimum atomic E-state index is -0.813. The molecule has 1 saturated carbocycles. The van der Waals surface area contributed by atoms with Crippen molar-refractivity contribution in [3.63, 3.8) is 0 Å². The summed E-state index contributed by atoms with van der Waals surface area (Å²) in [6.07, 6.45) is 11.1. The van der Waals surface area contributed by atoms with E-state index in [0.717, 1.165) is 36.9 Å². The largest absolute Gasteiger partial charge is 0.466 e. The maximum Gasteiger partial charge on any atom is 0.315 e. The predicted octanol–water partition coefficient (Wildman–Crippen LogP) is 4.93. The van der Waals surface area contributed by atoms with E-state index in [4.69, 9.17) is 27.9 Å². The van der Waals surface area contributed by atoms with Crippen molar-refractivity contribution < 1.29 is 19.1 Å². The summed E-state index contributed by atoms with van der Waals surface area (Å²) < 4.78 is 7.42. The van der Waals surface area contributed by atoms with Gasteiger partial charge in [0.05, 0.1) is 34.1 Å². The Labute approximate surface area is 252 Å². The summed E-state index contributed by atoms with van der Waals surface area (Å²) in [5.41, 5.74) is 1.10. The molecule has 2 N–H and O–H groups in total. The van der Waals surface area contributed by atoms with Crippen LogP contribution >= 0.6 is 23.2 Å². The van der Waals surface area contributed by atoms with Crippen molar-refractivity contribution >= 4 is 41.1 Å². The molecule has 2 heterocycles. The number of nitrogens with one attached hydrogen (secondary N) is 2. The third kappa shape index (κ3) is 7.95. The van der Waals surface area contributed by atoms with E-state index in [9.17, 15) is 14.4 Å². The van der Waals surface area contributed by atoms with Gasteiger partial charge in [-0.25, -0.2) is 9.78 Å². The van der Waals surface area contributed by atoms with Crippen LogP contribution in [0.15, 0.2) is 30.7 Å². The predicted molar refractivity (Wildman–Crippen MR) is 159 cm³/mol. The van der Waals surface area contributed by atoms with Gasteiger partial charge in [-0.3, -0.25) is 9.59 Å². The molecule has 224 valence electrons. The standard InChI is InChI=1S/C30H41Cl2N5O4/c1-3-41-28(39)30(22-7-5-4-6-8-22)12-15-37(16-13-30)27(38)26(18-21-9-10-24(31)25(32)17-21)35-29(40)33-14-11-23-19-36(2)20-34-23/h9-10,17,19-20,22,26H,3-8,11-16,18H2,1-2H3,(H2,33,35,40)/t26-/m1/s1. The molecule has 0 bridgehead atoms. The highest BCUT2D eigenvalue weighted by Gasteiger charge is 2.49. The Morgan fingerprint density at radius 2 is 1.85 bits per heavy atom. The molecule has 9 nitrogen and oxygen atoms in total. The fourth-order valence-electron chi connectivity index (χ4n) is 6.27. The number of imidazole rings is 1. The first kappa shape index (κ1) is 31.2. The van der Waals surface area contributed by atoms with Gasteiger partial charge in [0.2, 0.25) is 5.91 Å². The number of halogens is 2. The van der Waals surface area contributed by atoms with Gasteiger partial charge in [0, 0.05) is 45.7 Å². The van der Waals surface area contributed by atoms with Gasteiger partial charge >= 0.3 is 12.0 Å². The van der Waals surface area contributed by atoms with Crippen molar-refractivity contribution in [3.8, 4) is 0 Å². The van der Waals surface area contributed by atoms with Crippen LogP contribution in [-0.2, 0) is 34.2 Å². The van der Waals surface area contributed by atoms with E-state index in [0.29, 0.717) is 55.5 Å². The number of hydrogen-bond donors (Lipinski definition) is 2. The van der Waals surface area contributed by atoms with Gasteiger partial charge < -0.3 is 24.8 Å². The normalized spacial score (nSPS) is 18.0. The van der Waals surface area contributed by atoms with E-state index >= 15 is 0 Å². The van der Waals surface area contributed by atoms with Crippen LogP contribution in [0.2, 0.25) is 10.0 Å². The number of nitrogens with zero attached hydrogens (tertiary/aromatic N) is 3. The number of likely N-dealkylation sites (tertiary alicyclic amines) is 1. The number of amides is 3. The van der Waals surface area contributed by atoms with Gasteiger partial charge in [-0.15, -0.1) is 0 Å². The van der Waals surface area contributed by atoms with E-state index in [1.807, 2.05) is 24.7 Å². The van der Waals surface area contributed by atoms with E-state index in [-0.39, 0.29) is 24.2 Å². The van der Waals surface area contributed by atoms with Gasteiger partial charge in [-0.1, -0.05) is 48.5 Å². The average molecular weight is 607 g/mol. The summed E-state index contributed by atoms with van der Waals surface area (Å²) in [6, 6.07) is 3.97.